The van der Waals surface area contributed by atoms with Gasteiger partial charge in [-0.25, -0.2) is 13.4 Å². The summed E-state index contributed by atoms with van der Waals surface area (Å²) in [4.78, 5) is 3.49. The van der Waals surface area contributed by atoms with E-state index >= 15 is 0 Å². The number of nitrogens with two attached hydrogens (primary N) is 1. The lowest BCUT2D eigenvalue weighted by Crippen LogP contribution is -2.17. The van der Waals surface area contributed by atoms with Crippen molar-refractivity contribution in [2.75, 3.05) is 5.73 Å². The number of pyridine rings is 1. The van der Waals surface area contributed by atoms with Gasteiger partial charge in [-0.2, -0.15) is 0 Å². The first kappa shape index (κ1) is 19.6. The van der Waals surface area contributed by atoms with Crippen molar-refractivity contribution < 1.29 is 30.7 Å². The van der Waals surface area contributed by atoms with E-state index in [0.29, 0.717) is 12.3 Å². The molecular weight excluding hydrogens is 401 g/mol. The van der Waals surface area contributed by atoms with Gasteiger partial charge in [0.05, 0.1) is 15.5 Å². The fourth-order valence-electron chi connectivity index (χ4n) is 2.24. The van der Waals surface area contributed by atoms with E-state index in [2.05, 4.69) is 19.9 Å². The molecule has 0 aliphatic carbocycles. The number of alkyl halides is 3. The van der Waals surface area contributed by atoms with Crippen molar-refractivity contribution in [3.63, 3.8) is 0 Å². The second-order valence-corrected chi connectivity index (χ2v) is 7.44. The van der Waals surface area contributed by atoms with Gasteiger partial charge in [-0.15, -0.1) is 23.4 Å². The highest BCUT2D eigenvalue weighted by atomic mass is 32.2. The number of aromatic nitrogens is 3. The zero-order valence-electron chi connectivity index (χ0n) is 14.3. The minimum atomic E-state index is -4.87. The highest BCUT2D eigenvalue weighted by Crippen LogP contribution is 2.29. The van der Waals surface area contributed by atoms with E-state index in [4.69, 9.17) is 10.2 Å². The van der Waals surface area contributed by atoms with Crippen LogP contribution < -0.4 is 10.5 Å². The van der Waals surface area contributed by atoms with Crippen LogP contribution in [0.2, 0.25) is 0 Å². The van der Waals surface area contributed by atoms with E-state index in [1.54, 1.807) is 0 Å². The van der Waals surface area contributed by atoms with E-state index < -0.39 is 21.9 Å². The Balaban J connectivity index is 1.90. The third kappa shape index (κ3) is 4.06. The summed E-state index contributed by atoms with van der Waals surface area (Å²) in [5, 5.41) is 7.57. The smallest absolute Gasteiger partial charge is 0.419 e. The summed E-state index contributed by atoms with van der Waals surface area (Å²) in [5.74, 6) is -0.122. The predicted molar refractivity (Wildman–Crippen MR) is 89.9 cm³/mol. The maximum atomic E-state index is 12.7. The van der Waals surface area contributed by atoms with E-state index in [0.717, 1.165) is 36.5 Å². The molecule has 3 aromatic rings. The number of hydrogen-bond donors (Lipinski definition) is 1. The van der Waals surface area contributed by atoms with Gasteiger partial charge < -0.3 is 14.9 Å². The van der Waals surface area contributed by atoms with Crippen molar-refractivity contribution in [2.45, 2.75) is 29.5 Å². The van der Waals surface area contributed by atoms with Crippen LogP contribution in [0.5, 0.6) is 5.75 Å². The predicted octanol–water partition coefficient (Wildman–Crippen LogP) is 3.01. The average Bonchev–Trinajstić information content (AvgIpc) is 3.09. The van der Waals surface area contributed by atoms with Gasteiger partial charge >= 0.3 is 6.36 Å². The molecule has 0 aliphatic heterocycles. The van der Waals surface area contributed by atoms with Crippen LogP contribution in [0, 0.1) is 0 Å². The standard InChI is InChI=1S/C16H13F3N4O4S/c1-2-13-22-23-15(26-13)14-12(20)7-11(8-21-14)28(24,25)10-5-3-9(4-6-10)27-16(17,18)19/h3-8H,2,20H2,1H3. The van der Waals surface area contributed by atoms with E-state index in [-0.39, 0.29) is 27.1 Å². The quantitative estimate of drug-likeness (QED) is 0.676. The van der Waals surface area contributed by atoms with E-state index in [1.165, 1.54) is 0 Å². The normalized spacial score (nSPS) is 12.1. The third-order valence-corrected chi connectivity index (χ3v) is 5.28. The van der Waals surface area contributed by atoms with Crippen LogP contribution >= 0.6 is 0 Å². The number of halogens is 3. The summed E-state index contributed by atoms with van der Waals surface area (Å²) in [6, 6.07) is 4.94. The molecular formula is C16H13F3N4O4S. The number of aryl methyl sites for hydroxylation is 1. The SMILES string of the molecule is CCc1nnc(-c2ncc(S(=O)(=O)c3ccc(OC(F)(F)F)cc3)cc2N)o1. The highest BCUT2D eigenvalue weighted by Gasteiger charge is 2.31. The van der Waals surface area contributed by atoms with Crippen molar-refractivity contribution >= 4 is 15.5 Å². The number of benzene rings is 1. The van der Waals surface area contributed by atoms with Gasteiger partial charge in [0.2, 0.25) is 15.7 Å². The molecule has 28 heavy (non-hydrogen) atoms. The Morgan fingerprint density at radius 1 is 1.14 bits per heavy atom. The molecule has 0 atom stereocenters. The van der Waals surface area contributed by atoms with Gasteiger partial charge in [-0.3, -0.25) is 0 Å². The Morgan fingerprint density at radius 3 is 2.36 bits per heavy atom. The van der Waals surface area contributed by atoms with Gasteiger partial charge in [-0.1, -0.05) is 6.92 Å². The summed E-state index contributed by atoms with van der Waals surface area (Å²) < 4.78 is 71.0. The Bertz CT molecular complexity index is 1100. The zero-order chi connectivity index (χ0) is 20.5. The maximum Gasteiger partial charge on any atom is 0.573 e. The van der Waals surface area contributed by atoms with Crippen LogP contribution in [0.4, 0.5) is 18.9 Å². The molecule has 2 aromatic heterocycles. The number of nitrogen functional groups attached to an aromatic ring is 1. The second kappa shape index (κ2) is 7.11. The maximum absolute atomic E-state index is 12.7. The number of ether oxygens (including phenoxy) is 1. The monoisotopic (exact) mass is 414 g/mol. The Labute approximate surface area is 157 Å². The summed E-state index contributed by atoms with van der Waals surface area (Å²) >= 11 is 0. The van der Waals surface area contributed by atoms with Gasteiger partial charge in [-0.05, 0) is 30.3 Å². The first-order chi connectivity index (χ1) is 13.1. The van der Waals surface area contributed by atoms with Gasteiger partial charge in [0.25, 0.3) is 5.89 Å². The van der Waals surface area contributed by atoms with Crippen molar-refractivity contribution in [3.8, 4) is 17.3 Å². The summed E-state index contributed by atoms with van der Waals surface area (Å²) in [5.41, 5.74) is 5.99. The molecule has 148 valence electrons. The van der Waals surface area contributed by atoms with Crippen LogP contribution in [-0.2, 0) is 16.3 Å². The zero-order valence-corrected chi connectivity index (χ0v) is 15.1. The average molecular weight is 414 g/mol. The van der Waals surface area contributed by atoms with E-state index in [1.807, 2.05) is 6.92 Å². The van der Waals surface area contributed by atoms with Gasteiger partial charge in [0.1, 0.15) is 5.75 Å². The van der Waals surface area contributed by atoms with Gasteiger partial charge in [0, 0.05) is 12.6 Å². The van der Waals surface area contributed by atoms with Crippen molar-refractivity contribution in [3.05, 3.63) is 42.4 Å². The van der Waals surface area contributed by atoms with E-state index in [9.17, 15) is 21.6 Å². The van der Waals surface area contributed by atoms with Crippen LogP contribution in [0.3, 0.4) is 0 Å². The minimum absolute atomic E-state index is 0.00981. The first-order valence-electron chi connectivity index (χ1n) is 7.79. The lowest BCUT2D eigenvalue weighted by molar-refractivity contribution is -0.274. The molecule has 2 heterocycles. The minimum Gasteiger partial charge on any atom is -0.419 e. The van der Waals surface area contributed by atoms with Gasteiger partial charge in [0.15, 0.2) is 5.69 Å². The fourth-order valence-corrected chi connectivity index (χ4v) is 3.48. The molecule has 0 spiro atoms. The fraction of sp³-hybridized carbons (Fsp3) is 0.188. The molecule has 0 aliphatic rings. The van der Waals surface area contributed by atoms with Crippen molar-refractivity contribution in [2.24, 2.45) is 0 Å². The topological polar surface area (TPSA) is 121 Å². The Hall–Kier alpha value is -3.15. The molecule has 0 bridgehead atoms. The molecule has 3 rings (SSSR count). The number of anilines is 1. The molecule has 0 amide bonds. The molecule has 0 saturated carbocycles. The molecule has 0 saturated heterocycles. The van der Waals surface area contributed by atoms with Crippen LogP contribution in [-0.4, -0.2) is 30.0 Å². The van der Waals surface area contributed by atoms with Crippen LogP contribution in [0.15, 0.2) is 50.7 Å². The molecule has 12 heteroatoms. The molecule has 2 N–H and O–H groups in total. The van der Waals surface area contributed by atoms with Crippen LogP contribution in [0.25, 0.3) is 11.6 Å². The molecule has 8 nitrogen and oxygen atoms in total. The highest BCUT2D eigenvalue weighted by molar-refractivity contribution is 7.91. The summed E-state index contributed by atoms with van der Waals surface area (Å²) in [6.07, 6.45) is -3.31. The Morgan fingerprint density at radius 2 is 1.82 bits per heavy atom. The molecule has 0 unspecified atom stereocenters. The molecule has 0 fully saturated rings. The lowest BCUT2D eigenvalue weighted by Gasteiger charge is -2.10. The second-order valence-electron chi connectivity index (χ2n) is 5.49. The number of hydrogen-bond acceptors (Lipinski definition) is 8. The van der Waals surface area contributed by atoms with Crippen molar-refractivity contribution in [1.29, 1.82) is 0 Å². The lowest BCUT2D eigenvalue weighted by atomic mass is 10.3. The number of rotatable bonds is 5. The first-order valence-corrected chi connectivity index (χ1v) is 9.27. The third-order valence-electron chi connectivity index (χ3n) is 3.54. The summed E-state index contributed by atoms with van der Waals surface area (Å²) in [6.45, 7) is 1.81. The Kier molecular flexibility index (Phi) is 4.98. The molecule has 0 radical (unpaired) electrons. The van der Waals surface area contributed by atoms with Crippen molar-refractivity contribution in [1.82, 2.24) is 15.2 Å². The summed E-state index contributed by atoms with van der Waals surface area (Å²) in [7, 11) is -4.07. The number of sulfone groups is 1. The molecule has 1 aromatic carbocycles. The largest absolute Gasteiger partial charge is 0.573 e. The number of nitrogens with zero attached hydrogens (tertiary/aromatic N) is 3. The van der Waals surface area contributed by atoms with Crippen LogP contribution in [0.1, 0.15) is 12.8 Å².